The molecule has 1 heterocycles. The third-order valence-electron chi connectivity index (χ3n) is 2.64. The lowest BCUT2D eigenvalue weighted by Crippen LogP contribution is -2.41. The minimum Gasteiger partial charge on any atom is -0.459 e. The molecule has 0 saturated carbocycles. The molecule has 0 fully saturated rings. The number of hydrogen-bond acceptors (Lipinski definition) is 3. The molecule has 0 atom stereocenters. The Hall–Kier alpha value is -1.51. The third kappa shape index (κ3) is 8.71. The summed E-state index contributed by atoms with van der Waals surface area (Å²) in [7, 11) is 0. The lowest BCUT2D eigenvalue weighted by atomic mass is 10.3. The van der Waals surface area contributed by atoms with E-state index in [2.05, 4.69) is 34.4 Å². The smallest absolute Gasteiger partial charge is 0.287 e. The van der Waals surface area contributed by atoms with Crippen LogP contribution in [0.4, 0.5) is 0 Å². The highest BCUT2D eigenvalue weighted by molar-refractivity contribution is 14.0. The molecule has 0 radical (unpaired) electrons. The van der Waals surface area contributed by atoms with Gasteiger partial charge in [0.2, 0.25) is 0 Å². The zero-order chi connectivity index (χ0) is 15.3. The van der Waals surface area contributed by atoms with Gasteiger partial charge in [0.05, 0.1) is 6.26 Å². The Kier molecular flexibility index (Phi) is 12.3. The van der Waals surface area contributed by atoms with Crippen molar-refractivity contribution in [1.29, 1.82) is 0 Å². The first-order valence-corrected chi connectivity index (χ1v) is 7.22. The van der Waals surface area contributed by atoms with Gasteiger partial charge in [-0.05, 0) is 18.6 Å². The summed E-state index contributed by atoms with van der Waals surface area (Å²) < 4.78 is 5.01. The fourth-order valence-corrected chi connectivity index (χ4v) is 1.54. The topological polar surface area (TPSA) is 78.7 Å². The number of halogens is 1. The Morgan fingerprint density at radius 3 is 2.77 bits per heavy atom. The van der Waals surface area contributed by atoms with Crippen LogP contribution in [0.15, 0.2) is 40.5 Å². The molecule has 0 saturated heterocycles. The summed E-state index contributed by atoms with van der Waals surface area (Å²) in [5.41, 5.74) is 0. The van der Waals surface area contributed by atoms with Crippen molar-refractivity contribution in [3.63, 3.8) is 0 Å². The van der Waals surface area contributed by atoms with E-state index in [0.29, 0.717) is 25.4 Å². The number of aliphatic imine (C=N–C) groups is 1. The summed E-state index contributed by atoms with van der Waals surface area (Å²) in [6.07, 6.45) is 5.41. The Balaban J connectivity index is 0.00000441. The molecule has 1 aromatic rings. The molecule has 124 valence electrons. The number of nitrogens with zero attached hydrogens (tertiary/aromatic N) is 1. The molecule has 1 rings (SSSR count). The van der Waals surface area contributed by atoms with E-state index in [4.69, 9.17) is 4.42 Å². The standard InChI is InChI=1S/C15H24N4O2.HI/c1-3-5-9-18-15(17-8-4-2)19-11-10-16-14(20)13-7-6-12-21-13;/h4,6-7,12H,2-3,5,8-11H2,1H3,(H,16,20)(H2,17,18,19);1H. The zero-order valence-corrected chi connectivity index (χ0v) is 15.3. The van der Waals surface area contributed by atoms with Crippen molar-refractivity contribution in [1.82, 2.24) is 16.0 Å². The van der Waals surface area contributed by atoms with Gasteiger partial charge in [0.15, 0.2) is 11.7 Å². The number of carbonyl (C=O) groups is 1. The fourth-order valence-electron chi connectivity index (χ4n) is 1.54. The summed E-state index contributed by atoms with van der Waals surface area (Å²) in [5.74, 6) is 0.831. The average Bonchev–Trinajstić information content (AvgIpc) is 3.02. The number of hydrogen-bond donors (Lipinski definition) is 3. The van der Waals surface area contributed by atoms with Gasteiger partial charge in [-0.15, -0.1) is 30.6 Å². The van der Waals surface area contributed by atoms with Crippen molar-refractivity contribution < 1.29 is 9.21 Å². The molecule has 1 amide bonds. The normalized spacial score (nSPS) is 10.5. The van der Waals surface area contributed by atoms with Gasteiger partial charge in [-0.2, -0.15) is 0 Å². The average molecular weight is 420 g/mol. The van der Waals surface area contributed by atoms with Crippen LogP contribution >= 0.6 is 24.0 Å². The van der Waals surface area contributed by atoms with Gasteiger partial charge < -0.3 is 20.4 Å². The number of guanidine groups is 1. The predicted octanol–water partition coefficient (Wildman–Crippen LogP) is 2.15. The number of amides is 1. The van der Waals surface area contributed by atoms with Crippen LogP contribution in [0.3, 0.4) is 0 Å². The van der Waals surface area contributed by atoms with Gasteiger partial charge in [-0.3, -0.25) is 9.79 Å². The van der Waals surface area contributed by atoms with E-state index >= 15 is 0 Å². The Bertz CT molecular complexity index is 446. The molecule has 0 aliphatic rings. The van der Waals surface area contributed by atoms with Crippen LogP contribution in [0.1, 0.15) is 30.3 Å². The largest absolute Gasteiger partial charge is 0.459 e. The molecule has 1 aromatic heterocycles. The molecule has 0 spiro atoms. The van der Waals surface area contributed by atoms with Crippen molar-refractivity contribution in [2.24, 2.45) is 4.99 Å². The number of nitrogens with one attached hydrogen (secondary N) is 3. The van der Waals surface area contributed by atoms with E-state index in [1.54, 1.807) is 18.2 Å². The maximum Gasteiger partial charge on any atom is 0.287 e. The van der Waals surface area contributed by atoms with Crippen LogP contribution in [0.5, 0.6) is 0 Å². The molecule has 0 bridgehead atoms. The van der Waals surface area contributed by atoms with Gasteiger partial charge in [-0.25, -0.2) is 0 Å². The summed E-state index contributed by atoms with van der Waals surface area (Å²) in [5, 5.41) is 9.06. The van der Waals surface area contributed by atoms with Crippen LogP contribution in [-0.4, -0.2) is 38.0 Å². The van der Waals surface area contributed by atoms with Gasteiger partial charge >= 0.3 is 0 Å². The summed E-state index contributed by atoms with van der Waals surface area (Å²) in [6.45, 7) is 8.30. The predicted molar refractivity (Wildman–Crippen MR) is 99.9 cm³/mol. The Labute approximate surface area is 148 Å². The molecule has 0 aromatic carbocycles. The monoisotopic (exact) mass is 420 g/mol. The van der Waals surface area contributed by atoms with Crippen LogP contribution in [0.25, 0.3) is 0 Å². The molecule has 0 unspecified atom stereocenters. The van der Waals surface area contributed by atoms with Crippen molar-refractivity contribution in [2.75, 3.05) is 26.2 Å². The SMILES string of the molecule is C=CCNC(=NCCCC)NCCNC(=O)c1ccco1.I. The Morgan fingerprint density at radius 2 is 2.14 bits per heavy atom. The lowest BCUT2D eigenvalue weighted by Gasteiger charge is -2.11. The first kappa shape index (κ1) is 20.5. The van der Waals surface area contributed by atoms with Crippen molar-refractivity contribution >= 4 is 35.8 Å². The maximum atomic E-state index is 11.6. The van der Waals surface area contributed by atoms with Crippen LogP contribution < -0.4 is 16.0 Å². The van der Waals surface area contributed by atoms with E-state index in [9.17, 15) is 4.79 Å². The second-order valence-corrected chi connectivity index (χ2v) is 4.41. The van der Waals surface area contributed by atoms with Gasteiger partial charge in [0.25, 0.3) is 5.91 Å². The Morgan fingerprint density at radius 1 is 1.36 bits per heavy atom. The first-order valence-electron chi connectivity index (χ1n) is 7.22. The second-order valence-electron chi connectivity index (χ2n) is 4.41. The van der Waals surface area contributed by atoms with E-state index in [-0.39, 0.29) is 29.9 Å². The third-order valence-corrected chi connectivity index (χ3v) is 2.64. The fraction of sp³-hybridized carbons (Fsp3) is 0.467. The zero-order valence-electron chi connectivity index (χ0n) is 12.9. The molecule has 3 N–H and O–H groups in total. The van der Waals surface area contributed by atoms with E-state index in [1.165, 1.54) is 6.26 Å². The first-order chi connectivity index (χ1) is 10.3. The summed E-state index contributed by atoms with van der Waals surface area (Å²) in [4.78, 5) is 16.1. The van der Waals surface area contributed by atoms with Crippen molar-refractivity contribution in [3.8, 4) is 0 Å². The van der Waals surface area contributed by atoms with Crippen LogP contribution in [0, 0.1) is 0 Å². The maximum absolute atomic E-state index is 11.6. The highest BCUT2D eigenvalue weighted by Crippen LogP contribution is 1.98. The quantitative estimate of drug-likeness (QED) is 0.188. The number of carbonyl (C=O) groups excluding carboxylic acids is 1. The molecule has 22 heavy (non-hydrogen) atoms. The number of rotatable bonds is 9. The molecule has 0 aliphatic carbocycles. The minimum absolute atomic E-state index is 0. The summed E-state index contributed by atoms with van der Waals surface area (Å²) >= 11 is 0. The highest BCUT2D eigenvalue weighted by atomic mass is 127. The summed E-state index contributed by atoms with van der Waals surface area (Å²) in [6, 6.07) is 3.32. The molecule has 6 nitrogen and oxygen atoms in total. The molecular formula is C15H25IN4O2. The minimum atomic E-state index is -0.217. The molecular weight excluding hydrogens is 395 g/mol. The number of unbranched alkanes of at least 4 members (excludes halogenated alkanes) is 1. The number of furan rings is 1. The van der Waals surface area contributed by atoms with E-state index in [1.807, 2.05) is 0 Å². The van der Waals surface area contributed by atoms with Crippen molar-refractivity contribution in [3.05, 3.63) is 36.8 Å². The second kappa shape index (κ2) is 13.2. The van der Waals surface area contributed by atoms with Gasteiger partial charge in [-0.1, -0.05) is 19.4 Å². The van der Waals surface area contributed by atoms with E-state index in [0.717, 1.165) is 25.3 Å². The van der Waals surface area contributed by atoms with Gasteiger partial charge in [0, 0.05) is 26.2 Å². The highest BCUT2D eigenvalue weighted by Gasteiger charge is 2.06. The lowest BCUT2D eigenvalue weighted by molar-refractivity contribution is 0.0926. The molecule has 7 heteroatoms. The van der Waals surface area contributed by atoms with Gasteiger partial charge in [0.1, 0.15) is 0 Å². The van der Waals surface area contributed by atoms with Crippen LogP contribution in [0.2, 0.25) is 0 Å². The molecule has 0 aliphatic heterocycles. The van der Waals surface area contributed by atoms with E-state index < -0.39 is 0 Å². The van der Waals surface area contributed by atoms with Crippen molar-refractivity contribution in [2.45, 2.75) is 19.8 Å². The van der Waals surface area contributed by atoms with Crippen LogP contribution in [-0.2, 0) is 0 Å².